The summed E-state index contributed by atoms with van der Waals surface area (Å²) >= 11 is 0. The van der Waals surface area contributed by atoms with Gasteiger partial charge in [-0.05, 0) is 57.2 Å². The van der Waals surface area contributed by atoms with Gasteiger partial charge in [-0.2, -0.15) is 0 Å². The highest BCUT2D eigenvalue weighted by molar-refractivity contribution is 6.05. The molecule has 9 nitrogen and oxygen atoms in total. The van der Waals surface area contributed by atoms with Crippen molar-refractivity contribution in [3.63, 3.8) is 0 Å². The molecule has 1 aromatic rings. The summed E-state index contributed by atoms with van der Waals surface area (Å²) in [5.41, 5.74) is 1.91. The molecule has 3 aliphatic rings. The van der Waals surface area contributed by atoms with E-state index in [4.69, 9.17) is 9.47 Å². The molecule has 1 unspecified atom stereocenters. The number of nitrogens with zero attached hydrogens (tertiary/aromatic N) is 2. The van der Waals surface area contributed by atoms with Gasteiger partial charge in [0.2, 0.25) is 11.8 Å². The summed E-state index contributed by atoms with van der Waals surface area (Å²) in [6.45, 7) is 7.52. The molecule has 0 aromatic heterocycles. The normalized spacial score (nSPS) is 21.8. The van der Waals surface area contributed by atoms with Crippen LogP contribution in [0, 0.1) is 0 Å². The smallest absolute Gasteiger partial charge is 0.410 e. The van der Waals surface area contributed by atoms with Gasteiger partial charge in [0.1, 0.15) is 11.6 Å². The first-order valence-corrected chi connectivity index (χ1v) is 11.5. The zero-order valence-electron chi connectivity index (χ0n) is 19.4. The second-order valence-electron chi connectivity index (χ2n) is 9.87. The Balaban J connectivity index is 1.29. The predicted octanol–water partition coefficient (Wildman–Crippen LogP) is 2.36. The van der Waals surface area contributed by atoms with Crippen molar-refractivity contribution in [3.8, 4) is 0 Å². The zero-order chi connectivity index (χ0) is 23.8. The quantitative estimate of drug-likeness (QED) is 0.696. The number of hydrogen-bond donors (Lipinski definition) is 1. The van der Waals surface area contributed by atoms with Crippen LogP contribution in [0.25, 0.3) is 0 Å². The molecule has 1 atom stereocenters. The molecule has 4 amide bonds. The summed E-state index contributed by atoms with van der Waals surface area (Å²) in [5, 5.41) is 2.32. The third-order valence-corrected chi connectivity index (χ3v) is 6.17. The van der Waals surface area contributed by atoms with E-state index >= 15 is 0 Å². The van der Waals surface area contributed by atoms with Gasteiger partial charge in [-0.3, -0.25) is 19.7 Å². The van der Waals surface area contributed by atoms with E-state index in [1.807, 2.05) is 32.9 Å². The fourth-order valence-corrected chi connectivity index (χ4v) is 4.46. The van der Waals surface area contributed by atoms with Crippen molar-refractivity contribution in [1.29, 1.82) is 0 Å². The van der Waals surface area contributed by atoms with Crippen molar-refractivity contribution in [2.75, 3.05) is 13.1 Å². The molecule has 0 radical (unpaired) electrons. The number of rotatable bonds is 4. The van der Waals surface area contributed by atoms with Crippen molar-refractivity contribution in [3.05, 3.63) is 34.9 Å². The van der Waals surface area contributed by atoms with Gasteiger partial charge in [0.05, 0.1) is 12.7 Å². The van der Waals surface area contributed by atoms with E-state index < -0.39 is 17.6 Å². The Morgan fingerprint density at radius 1 is 1.12 bits per heavy atom. The van der Waals surface area contributed by atoms with Gasteiger partial charge < -0.3 is 19.3 Å². The van der Waals surface area contributed by atoms with Crippen molar-refractivity contribution < 1.29 is 28.7 Å². The van der Waals surface area contributed by atoms with Crippen molar-refractivity contribution >= 4 is 23.8 Å². The Hall–Kier alpha value is -2.94. The summed E-state index contributed by atoms with van der Waals surface area (Å²) in [6, 6.07) is 5.00. The number of nitrogens with one attached hydrogen (secondary N) is 1. The fraction of sp³-hybridized carbons (Fsp3) is 0.583. The molecule has 9 heteroatoms. The summed E-state index contributed by atoms with van der Waals surface area (Å²) in [4.78, 5) is 51.9. The number of fused-ring (bicyclic) bond motifs is 1. The standard InChI is InChI=1S/C24H31N3O6/c1-24(2,3)33-23(31)26-10-8-17(9-11-26)32-14-15-4-5-18-16(12-15)13-27(22(18)30)19-6-7-20(28)25-21(19)29/h4-5,12,17,19H,6-11,13-14H2,1-3H3,(H,25,28,29). The highest BCUT2D eigenvalue weighted by atomic mass is 16.6. The molecule has 1 N–H and O–H groups in total. The molecular weight excluding hydrogens is 426 g/mol. The molecule has 2 fully saturated rings. The molecule has 33 heavy (non-hydrogen) atoms. The van der Waals surface area contributed by atoms with E-state index in [-0.39, 0.29) is 30.4 Å². The first-order valence-electron chi connectivity index (χ1n) is 11.5. The molecular formula is C24H31N3O6. The van der Waals surface area contributed by atoms with Gasteiger partial charge in [0.25, 0.3) is 5.91 Å². The van der Waals surface area contributed by atoms with Crippen LogP contribution in [0.1, 0.15) is 67.9 Å². The highest BCUT2D eigenvalue weighted by Gasteiger charge is 2.39. The lowest BCUT2D eigenvalue weighted by molar-refractivity contribution is -0.136. The number of carbonyl (C=O) groups is 4. The Morgan fingerprint density at radius 3 is 2.52 bits per heavy atom. The van der Waals surface area contributed by atoms with Gasteiger partial charge >= 0.3 is 6.09 Å². The van der Waals surface area contributed by atoms with Gasteiger partial charge in [-0.25, -0.2) is 4.79 Å². The Bertz CT molecular complexity index is 961. The van der Waals surface area contributed by atoms with Crippen LogP contribution in [0.3, 0.4) is 0 Å². The molecule has 1 aromatic carbocycles. The van der Waals surface area contributed by atoms with Crippen LogP contribution in [0.15, 0.2) is 18.2 Å². The number of hydrogen-bond acceptors (Lipinski definition) is 6. The number of amides is 4. The monoisotopic (exact) mass is 457 g/mol. The summed E-state index contributed by atoms with van der Waals surface area (Å²) < 4.78 is 11.5. The van der Waals surface area contributed by atoms with Crippen LogP contribution < -0.4 is 5.32 Å². The zero-order valence-corrected chi connectivity index (χ0v) is 19.4. The van der Waals surface area contributed by atoms with Crippen LogP contribution in [-0.4, -0.2) is 64.5 Å². The number of benzene rings is 1. The number of ether oxygens (including phenoxy) is 2. The maximum atomic E-state index is 12.8. The number of piperidine rings is 2. The van der Waals surface area contributed by atoms with E-state index in [0.29, 0.717) is 38.2 Å². The lowest BCUT2D eigenvalue weighted by atomic mass is 10.0. The Kier molecular flexibility index (Phi) is 6.43. The van der Waals surface area contributed by atoms with Gasteiger partial charge in [-0.15, -0.1) is 0 Å². The molecule has 3 heterocycles. The van der Waals surface area contributed by atoms with E-state index in [0.717, 1.165) is 24.0 Å². The minimum absolute atomic E-state index is 0.0542. The topological polar surface area (TPSA) is 105 Å². The number of likely N-dealkylation sites (tertiary alicyclic amines) is 1. The van der Waals surface area contributed by atoms with Crippen LogP contribution in [0.4, 0.5) is 4.79 Å². The van der Waals surface area contributed by atoms with Crippen molar-refractivity contribution in [2.24, 2.45) is 0 Å². The van der Waals surface area contributed by atoms with Crippen molar-refractivity contribution in [2.45, 2.75) is 77.4 Å². The largest absolute Gasteiger partial charge is 0.444 e. The maximum Gasteiger partial charge on any atom is 0.410 e. The molecule has 4 rings (SSSR count). The van der Waals surface area contributed by atoms with Crippen LogP contribution >= 0.6 is 0 Å². The maximum absolute atomic E-state index is 12.8. The molecule has 0 saturated carbocycles. The van der Waals surface area contributed by atoms with Crippen LogP contribution in [0.5, 0.6) is 0 Å². The van der Waals surface area contributed by atoms with E-state index in [1.165, 1.54) is 0 Å². The molecule has 0 spiro atoms. The average Bonchev–Trinajstić information content (AvgIpc) is 3.07. The predicted molar refractivity (Wildman–Crippen MR) is 118 cm³/mol. The molecule has 0 bridgehead atoms. The third-order valence-electron chi connectivity index (χ3n) is 6.17. The second kappa shape index (κ2) is 9.13. The van der Waals surface area contributed by atoms with Crippen molar-refractivity contribution in [1.82, 2.24) is 15.1 Å². The molecule has 2 saturated heterocycles. The van der Waals surface area contributed by atoms with Gasteiger partial charge in [0.15, 0.2) is 0 Å². The number of carbonyl (C=O) groups excluding carboxylic acids is 4. The van der Waals surface area contributed by atoms with Crippen LogP contribution in [0.2, 0.25) is 0 Å². The first kappa shape index (κ1) is 23.2. The lowest BCUT2D eigenvalue weighted by Crippen LogP contribution is -2.52. The van der Waals surface area contributed by atoms with Crippen LogP contribution in [-0.2, 0) is 32.2 Å². The Labute approximate surface area is 193 Å². The SMILES string of the molecule is CC(C)(C)OC(=O)N1CCC(OCc2ccc3c(c2)CN(C2CCC(=O)NC2=O)C3=O)CC1. The minimum atomic E-state index is -0.613. The number of imide groups is 1. The minimum Gasteiger partial charge on any atom is -0.444 e. The molecule has 178 valence electrons. The van der Waals surface area contributed by atoms with E-state index in [2.05, 4.69) is 5.32 Å². The highest BCUT2D eigenvalue weighted by Crippen LogP contribution is 2.29. The Morgan fingerprint density at radius 2 is 1.85 bits per heavy atom. The van der Waals surface area contributed by atoms with E-state index in [9.17, 15) is 19.2 Å². The average molecular weight is 458 g/mol. The summed E-state index contributed by atoms with van der Waals surface area (Å²) in [5.74, 6) is -0.882. The van der Waals surface area contributed by atoms with Gasteiger partial charge in [0, 0.05) is 31.6 Å². The molecule has 3 aliphatic heterocycles. The summed E-state index contributed by atoms with van der Waals surface area (Å²) in [7, 11) is 0. The first-order chi connectivity index (χ1) is 15.6. The third kappa shape index (κ3) is 5.35. The molecule has 0 aliphatic carbocycles. The fourth-order valence-electron chi connectivity index (χ4n) is 4.46. The lowest BCUT2D eigenvalue weighted by Gasteiger charge is -2.33. The van der Waals surface area contributed by atoms with Gasteiger partial charge in [-0.1, -0.05) is 12.1 Å². The summed E-state index contributed by atoms with van der Waals surface area (Å²) in [6.07, 6.45) is 1.84. The van der Waals surface area contributed by atoms with E-state index in [1.54, 1.807) is 15.9 Å². The second-order valence-corrected chi connectivity index (χ2v) is 9.87.